The van der Waals surface area contributed by atoms with Crippen molar-refractivity contribution in [1.82, 2.24) is 4.90 Å². The summed E-state index contributed by atoms with van der Waals surface area (Å²) in [6.45, 7) is 2.19. The van der Waals surface area contributed by atoms with E-state index in [0.29, 0.717) is 17.1 Å². The lowest BCUT2D eigenvalue weighted by atomic mass is 10.1. The monoisotopic (exact) mass is 238 g/mol. The Labute approximate surface area is 100 Å². The van der Waals surface area contributed by atoms with Crippen molar-refractivity contribution in [2.75, 3.05) is 19.6 Å². The number of nitrogens with zero attached hydrogens (tertiary/aromatic N) is 1. The van der Waals surface area contributed by atoms with E-state index in [0.717, 1.165) is 19.5 Å². The predicted molar refractivity (Wildman–Crippen MR) is 64.8 cm³/mol. The Morgan fingerprint density at radius 1 is 1.44 bits per heavy atom. The average Bonchev–Trinajstić information content (AvgIpc) is 2.65. The van der Waals surface area contributed by atoms with E-state index >= 15 is 0 Å². The molecule has 2 N–H and O–H groups in total. The fraction of sp³-hybridized carbons (Fsp3) is 0.417. The van der Waals surface area contributed by atoms with Crippen LogP contribution in [0.25, 0.3) is 0 Å². The van der Waals surface area contributed by atoms with Crippen LogP contribution >= 0.6 is 11.6 Å². The topological polar surface area (TPSA) is 46.3 Å². The summed E-state index contributed by atoms with van der Waals surface area (Å²) >= 11 is 5.77. The van der Waals surface area contributed by atoms with Gasteiger partial charge in [0.25, 0.3) is 0 Å². The Morgan fingerprint density at radius 3 is 2.69 bits per heavy atom. The summed E-state index contributed by atoms with van der Waals surface area (Å²) in [5.74, 6) is 0.130. The molecule has 0 bridgehead atoms. The molecule has 0 aromatic heterocycles. The number of benzene rings is 1. The highest BCUT2D eigenvalue weighted by molar-refractivity contribution is 6.30. The van der Waals surface area contributed by atoms with Crippen LogP contribution in [0.3, 0.4) is 0 Å². The Kier molecular flexibility index (Phi) is 3.59. The van der Waals surface area contributed by atoms with Crippen LogP contribution < -0.4 is 5.73 Å². The van der Waals surface area contributed by atoms with Gasteiger partial charge in [-0.25, -0.2) is 0 Å². The molecule has 1 aromatic carbocycles. The molecule has 4 heteroatoms. The number of likely N-dealkylation sites (tertiary alicyclic amines) is 1. The van der Waals surface area contributed by atoms with Crippen LogP contribution in [-0.4, -0.2) is 36.4 Å². The predicted octanol–water partition coefficient (Wildman–Crippen LogP) is 1.56. The molecule has 1 unspecified atom stereocenters. The van der Waals surface area contributed by atoms with E-state index in [1.165, 1.54) is 0 Å². The second-order valence-corrected chi connectivity index (χ2v) is 4.65. The van der Waals surface area contributed by atoms with Gasteiger partial charge in [0, 0.05) is 29.7 Å². The van der Waals surface area contributed by atoms with Gasteiger partial charge in [0.05, 0.1) is 6.54 Å². The zero-order valence-corrected chi connectivity index (χ0v) is 9.78. The van der Waals surface area contributed by atoms with Crippen LogP contribution in [0.4, 0.5) is 0 Å². The molecule has 1 saturated heterocycles. The van der Waals surface area contributed by atoms with Crippen molar-refractivity contribution in [3.8, 4) is 0 Å². The van der Waals surface area contributed by atoms with Crippen LogP contribution in [0, 0.1) is 0 Å². The highest BCUT2D eigenvalue weighted by Gasteiger charge is 2.21. The Hall–Kier alpha value is -0.900. The first-order chi connectivity index (χ1) is 7.65. The zero-order valence-electron chi connectivity index (χ0n) is 9.03. The Bertz CT molecular complexity index is 377. The minimum atomic E-state index is 0.130. The van der Waals surface area contributed by atoms with Crippen molar-refractivity contribution < 1.29 is 4.79 Å². The molecule has 3 nitrogen and oxygen atoms in total. The summed E-state index contributed by atoms with van der Waals surface area (Å²) in [5.41, 5.74) is 6.50. The van der Waals surface area contributed by atoms with Gasteiger partial charge < -0.3 is 5.73 Å². The third kappa shape index (κ3) is 2.82. The van der Waals surface area contributed by atoms with E-state index in [1.807, 2.05) is 0 Å². The molecule has 16 heavy (non-hydrogen) atoms. The first-order valence-electron chi connectivity index (χ1n) is 5.42. The van der Waals surface area contributed by atoms with Crippen molar-refractivity contribution in [2.24, 2.45) is 5.73 Å². The second-order valence-electron chi connectivity index (χ2n) is 4.21. The quantitative estimate of drug-likeness (QED) is 0.813. The number of rotatable bonds is 3. The van der Waals surface area contributed by atoms with Crippen LogP contribution in [0.15, 0.2) is 24.3 Å². The fourth-order valence-electron chi connectivity index (χ4n) is 1.94. The minimum absolute atomic E-state index is 0.130. The Morgan fingerprint density at radius 2 is 2.12 bits per heavy atom. The number of carbonyl (C=O) groups excluding carboxylic acids is 1. The summed E-state index contributed by atoms with van der Waals surface area (Å²) in [6.07, 6.45) is 0.980. The molecule has 1 heterocycles. The Balaban J connectivity index is 1.95. The number of hydrogen-bond donors (Lipinski definition) is 1. The van der Waals surface area contributed by atoms with Crippen molar-refractivity contribution in [2.45, 2.75) is 12.5 Å². The van der Waals surface area contributed by atoms with Gasteiger partial charge in [-0.3, -0.25) is 9.69 Å². The maximum Gasteiger partial charge on any atom is 0.176 e. The van der Waals surface area contributed by atoms with Crippen molar-refractivity contribution in [3.05, 3.63) is 34.9 Å². The molecule has 0 saturated carbocycles. The molecular weight excluding hydrogens is 224 g/mol. The first kappa shape index (κ1) is 11.6. The van der Waals surface area contributed by atoms with E-state index in [-0.39, 0.29) is 11.8 Å². The van der Waals surface area contributed by atoms with Gasteiger partial charge >= 0.3 is 0 Å². The van der Waals surface area contributed by atoms with E-state index < -0.39 is 0 Å². The van der Waals surface area contributed by atoms with Gasteiger partial charge in [0.1, 0.15) is 0 Å². The van der Waals surface area contributed by atoms with E-state index in [1.54, 1.807) is 24.3 Å². The normalized spacial score (nSPS) is 21.2. The van der Waals surface area contributed by atoms with Crippen LogP contribution in [0.1, 0.15) is 16.8 Å². The summed E-state index contributed by atoms with van der Waals surface area (Å²) in [7, 11) is 0. The van der Waals surface area contributed by atoms with E-state index in [4.69, 9.17) is 17.3 Å². The molecule has 1 aliphatic rings. The molecule has 1 atom stereocenters. The maximum atomic E-state index is 11.9. The first-order valence-corrected chi connectivity index (χ1v) is 5.79. The van der Waals surface area contributed by atoms with Crippen LogP contribution in [0.2, 0.25) is 5.02 Å². The molecule has 86 valence electrons. The fourth-order valence-corrected chi connectivity index (χ4v) is 2.06. The molecule has 0 amide bonds. The van der Waals surface area contributed by atoms with Crippen molar-refractivity contribution in [3.63, 3.8) is 0 Å². The SMILES string of the molecule is NC1CCN(CC(=O)c2ccc(Cl)cc2)C1. The standard InChI is InChI=1S/C12H15ClN2O/c13-10-3-1-9(2-4-10)12(16)8-15-6-5-11(14)7-15/h1-4,11H,5-8,14H2. The zero-order chi connectivity index (χ0) is 11.5. The number of ketones is 1. The van der Waals surface area contributed by atoms with E-state index in [2.05, 4.69) is 4.90 Å². The van der Waals surface area contributed by atoms with Gasteiger partial charge in [-0.2, -0.15) is 0 Å². The highest BCUT2D eigenvalue weighted by atomic mass is 35.5. The highest BCUT2D eigenvalue weighted by Crippen LogP contribution is 2.12. The number of nitrogens with two attached hydrogens (primary N) is 1. The summed E-state index contributed by atoms with van der Waals surface area (Å²) in [4.78, 5) is 14.0. The lowest BCUT2D eigenvalue weighted by Crippen LogP contribution is -2.31. The second kappa shape index (κ2) is 4.95. The third-order valence-corrected chi connectivity index (χ3v) is 3.09. The molecule has 1 fully saturated rings. The lowest BCUT2D eigenvalue weighted by molar-refractivity contribution is 0.0945. The maximum absolute atomic E-state index is 11.9. The molecule has 1 aromatic rings. The summed E-state index contributed by atoms with van der Waals surface area (Å²) in [5, 5.41) is 0.653. The lowest BCUT2D eigenvalue weighted by Gasteiger charge is -2.13. The number of Topliss-reactive ketones (excluding diaryl/α,β-unsaturated/α-hetero) is 1. The van der Waals surface area contributed by atoms with Crippen molar-refractivity contribution >= 4 is 17.4 Å². The molecule has 0 spiro atoms. The number of hydrogen-bond acceptors (Lipinski definition) is 3. The molecule has 0 radical (unpaired) electrons. The number of halogens is 1. The van der Waals surface area contributed by atoms with Crippen LogP contribution in [0.5, 0.6) is 0 Å². The average molecular weight is 239 g/mol. The molecular formula is C12H15ClN2O. The van der Waals surface area contributed by atoms with Gasteiger partial charge in [-0.15, -0.1) is 0 Å². The van der Waals surface area contributed by atoms with Crippen LogP contribution in [-0.2, 0) is 0 Å². The summed E-state index contributed by atoms with van der Waals surface area (Å²) in [6, 6.07) is 7.23. The smallest absolute Gasteiger partial charge is 0.176 e. The third-order valence-electron chi connectivity index (χ3n) is 2.84. The van der Waals surface area contributed by atoms with Gasteiger partial charge in [0.15, 0.2) is 5.78 Å². The molecule has 1 aliphatic heterocycles. The van der Waals surface area contributed by atoms with Gasteiger partial charge in [-0.1, -0.05) is 11.6 Å². The summed E-state index contributed by atoms with van der Waals surface area (Å²) < 4.78 is 0. The van der Waals surface area contributed by atoms with Gasteiger partial charge in [-0.05, 0) is 30.7 Å². The van der Waals surface area contributed by atoms with Crippen molar-refractivity contribution in [1.29, 1.82) is 0 Å². The number of carbonyl (C=O) groups is 1. The largest absolute Gasteiger partial charge is 0.326 e. The minimum Gasteiger partial charge on any atom is -0.326 e. The van der Waals surface area contributed by atoms with Gasteiger partial charge in [0.2, 0.25) is 0 Å². The van der Waals surface area contributed by atoms with E-state index in [9.17, 15) is 4.79 Å². The molecule has 0 aliphatic carbocycles. The molecule has 2 rings (SSSR count).